The van der Waals surface area contributed by atoms with Gasteiger partial charge in [0.05, 0.1) is 21.4 Å². The van der Waals surface area contributed by atoms with Crippen molar-refractivity contribution in [2.24, 2.45) is 11.8 Å². The third kappa shape index (κ3) is 4.50. The minimum absolute atomic E-state index is 0.268. The third-order valence-corrected chi connectivity index (χ3v) is 5.75. The molecule has 1 fully saturated rings. The lowest BCUT2D eigenvalue weighted by atomic mass is 9.91. The molecule has 1 aliphatic rings. The maximum Gasteiger partial charge on any atom is 0.255 e. The van der Waals surface area contributed by atoms with Crippen LogP contribution in [0.3, 0.4) is 0 Å². The number of anilines is 3. The molecule has 2 aromatic rings. The van der Waals surface area contributed by atoms with Crippen LogP contribution in [0.5, 0.6) is 0 Å². The Hall–Kier alpha value is -1.91. The van der Waals surface area contributed by atoms with Gasteiger partial charge in [0.15, 0.2) is 0 Å². The Balaban J connectivity index is 1.87. The van der Waals surface area contributed by atoms with E-state index in [1.807, 2.05) is 12.1 Å². The van der Waals surface area contributed by atoms with Gasteiger partial charge in [0.1, 0.15) is 0 Å². The molecule has 3 N–H and O–H groups in total. The molecule has 1 heterocycles. The minimum Gasteiger partial charge on any atom is -0.397 e. The molecule has 27 heavy (non-hydrogen) atoms. The number of hydrogen-bond acceptors (Lipinski definition) is 3. The average Bonchev–Trinajstić information content (AvgIpc) is 2.58. The van der Waals surface area contributed by atoms with Crippen LogP contribution in [0.1, 0.15) is 36.2 Å². The third-order valence-electron chi connectivity index (χ3n) is 5.01. The second-order valence-corrected chi connectivity index (χ2v) is 8.47. The highest BCUT2D eigenvalue weighted by Gasteiger charge is 2.24. The summed E-state index contributed by atoms with van der Waals surface area (Å²) in [7, 11) is 0. The summed E-state index contributed by atoms with van der Waals surface area (Å²) in [6.45, 7) is 8.63. The second kappa shape index (κ2) is 7.99. The molecule has 1 saturated heterocycles. The molecule has 144 valence electrons. The zero-order valence-electron chi connectivity index (χ0n) is 15.9. The number of rotatable bonds is 3. The fourth-order valence-electron chi connectivity index (χ4n) is 3.86. The smallest absolute Gasteiger partial charge is 0.255 e. The predicted molar refractivity (Wildman–Crippen MR) is 115 cm³/mol. The number of carbonyl (C=O) groups excluding carboxylic acids is 1. The zero-order valence-corrected chi connectivity index (χ0v) is 17.4. The molecular formula is C21H25Cl2N3O. The van der Waals surface area contributed by atoms with Crippen LogP contribution < -0.4 is 16.0 Å². The van der Waals surface area contributed by atoms with Crippen LogP contribution >= 0.6 is 23.2 Å². The molecule has 0 bridgehead atoms. The van der Waals surface area contributed by atoms with Crippen molar-refractivity contribution in [3.8, 4) is 0 Å². The van der Waals surface area contributed by atoms with Crippen LogP contribution in [0.15, 0.2) is 30.3 Å². The van der Waals surface area contributed by atoms with Gasteiger partial charge < -0.3 is 16.0 Å². The minimum atomic E-state index is -0.268. The Labute approximate surface area is 170 Å². The van der Waals surface area contributed by atoms with Crippen molar-refractivity contribution < 1.29 is 4.79 Å². The van der Waals surface area contributed by atoms with Gasteiger partial charge in [0.2, 0.25) is 0 Å². The van der Waals surface area contributed by atoms with E-state index in [0.717, 1.165) is 24.3 Å². The molecule has 0 unspecified atom stereocenters. The van der Waals surface area contributed by atoms with E-state index in [4.69, 9.17) is 28.9 Å². The van der Waals surface area contributed by atoms with Crippen LogP contribution in [-0.4, -0.2) is 19.0 Å². The van der Waals surface area contributed by atoms with E-state index in [0.29, 0.717) is 38.8 Å². The standard InChI is InChI=1S/C21H25Cl2N3O/c1-12-6-13(2)11-26(10-12)20-9-19(18(24)7-14(20)3)25-21(27)15-4-5-16(22)17(23)8-15/h4-5,7-9,12-13H,6,10-11,24H2,1-3H3,(H,25,27)/t12-,13-/m1/s1. The maximum atomic E-state index is 12.6. The first kappa shape index (κ1) is 19.8. The molecule has 0 aromatic heterocycles. The van der Waals surface area contributed by atoms with E-state index in [-0.39, 0.29) is 5.91 Å². The van der Waals surface area contributed by atoms with Gasteiger partial charge in [0, 0.05) is 24.3 Å². The number of carbonyl (C=O) groups is 1. The Morgan fingerprint density at radius 1 is 1.11 bits per heavy atom. The summed E-state index contributed by atoms with van der Waals surface area (Å²) >= 11 is 12.0. The molecule has 0 aliphatic carbocycles. The van der Waals surface area contributed by atoms with Crippen molar-refractivity contribution in [2.45, 2.75) is 27.2 Å². The predicted octanol–water partition coefficient (Wildman–Crippen LogP) is 5.62. The number of nitrogen functional groups attached to an aromatic ring is 1. The summed E-state index contributed by atoms with van der Waals surface area (Å²) in [5, 5.41) is 3.67. The number of nitrogens with two attached hydrogens (primary N) is 1. The normalized spacial score (nSPS) is 19.8. The maximum absolute atomic E-state index is 12.6. The van der Waals surface area contributed by atoms with Crippen LogP contribution in [-0.2, 0) is 0 Å². The number of piperidine rings is 1. The van der Waals surface area contributed by atoms with Gasteiger partial charge in [0.25, 0.3) is 5.91 Å². The molecular weight excluding hydrogens is 381 g/mol. The number of amides is 1. The van der Waals surface area contributed by atoms with E-state index >= 15 is 0 Å². The highest BCUT2D eigenvalue weighted by molar-refractivity contribution is 6.42. The van der Waals surface area contributed by atoms with Crippen LogP contribution in [0.4, 0.5) is 17.1 Å². The second-order valence-electron chi connectivity index (χ2n) is 7.66. The Morgan fingerprint density at radius 2 is 1.78 bits per heavy atom. The highest BCUT2D eigenvalue weighted by atomic mass is 35.5. The first-order valence-corrected chi connectivity index (χ1v) is 9.91. The molecule has 0 radical (unpaired) electrons. The average molecular weight is 406 g/mol. The Bertz CT molecular complexity index is 859. The molecule has 0 saturated carbocycles. The van der Waals surface area contributed by atoms with Gasteiger partial charge in [-0.2, -0.15) is 0 Å². The first-order chi connectivity index (χ1) is 12.7. The summed E-state index contributed by atoms with van der Waals surface area (Å²) in [6, 6.07) is 8.70. The largest absolute Gasteiger partial charge is 0.397 e. The van der Waals surface area contributed by atoms with Crippen molar-refractivity contribution in [3.63, 3.8) is 0 Å². The monoisotopic (exact) mass is 405 g/mol. The van der Waals surface area contributed by atoms with Gasteiger partial charge in [-0.05, 0) is 61.1 Å². The van der Waals surface area contributed by atoms with E-state index in [1.54, 1.807) is 18.2 Å². The van der Waals surface area contributed by atoms with E-state index in [1.165, 1.54) is 6.42 Å². The molecule has 3 rings (SSSR count). The molecule has 6 heteroatoms. The number of nitrogens with one attached hydrogen (secondary N) is 1. The van der Waals surface area contributed by atoms with E-state index in [2.05, 4.69) is 31.0 Å². The summed E-state index contributed by atoms with van der Waals surface area (Å²) in [5.41, 5.74) is 9.99. The summed E-state index contributed by atoms with van der Waals surface area (Å²) in [4.78, 5) is 15.0. The van der Waals surface area contributed by atoms with Crippen molar-refractivity contribution >= 4 is 46.2 Å². The van der Waals surface area contributed by atoms with Gasteiger partial charge in [-0.3, -0.25) is 4.79 Å². The zero-order chi connectivity index (χ0) is 19.7. The van der Waals surface area contributed by atoms with Gasteiger partial charge >= 0.3 is 0 Å². The summed E-state index contributed by atoms with van der Waals surface area (Å²) in [5.74, 6) is 1.01. The highest BCUT2D eigenvalue weighted by Crippen LogP contribution is 2.34. The Morgan fingerprint density at radius 3 is 2.41 bits per heavy atom. The molecule has 4 nitrogen and oxygen atoms in total. The molecule has 2 aromatic carbocycles. The Kier molecular flexibility index (Phi) is 5.87. The summed E-state index contributed by atoms with van der Waals surface area (Å²) in [6.07, 6.45) is 1.24. The van der Waals surface area contributed by atoms with E-state index < -0.39 is 0 Å². The van der Waals surface area contributed by atoms with Crippen LogP contribution in [0.2, 0.25) is 10.0 Å². The van der Waals surface area contributed by atoms with Crippen LogP contribution in [0, 0.1) is 18.8 Å². The van der Waals surface area contributed by atoms with Gasteiger partial charge in [-0.15, -0.1) is 0 Å². The van der Waals surface area contributed by atoms with Crippen molar-refractivity contribution in [1.29, 1.82) is 0 Å². The number of benzene rings is 2. The number of aryl methyl sites for hydroxylation is 1. The van der Waals surface area contributed by atoms with Crippen molar-refractivity contribution in [2.75, 3.05) is 29.0 Å². The number of nitrogens with zero attached hydrogens (tertiary/aromatic N) is 1. The van der Waals surface area contributed by atoms with E-state index in [9.17, 15) is 4.79 Å². The van der Waals surface area contributed by atoms with Gasteiger partial charge in [-0.1, -0.05) is 37.0 Å². The van der Waals surface area contributed by atoms with Crippen molar-refractivity contribution in [1.82, 2.24) is 0 Å². The molecule has 1 aliphatic heterocycles. The first-order valence-electron chi connectivity index (χ1n) is 9.16. The lowest BCUT2D eigenvalue weighted by molar-refractivity contribution is 0.102. The fraction of sp³-hybridized carbons (Fsp3) is 0.381. The van der Waals surface area contributed by atoms with Crippen molar-refractivity contribution in [3.05, 3.63) is 51.5 Å². The molecule has 2 atom stereocenters. The quantitative estimate of drug-likeness (QED) is 0.651. The molecule has 0 spiro atoms. The lowest BCUT2D eigenvalue weighted by Gasteiger charge is -2.37. The lowest BCUT2D eigenvalue weighted by Crippen LogP contribution is -2.39. The summed E-state index contributed by atoms with van der Waals surface area (Å²) < 4.78 is 0. The molecule has 1 amide bonds. The SMILES string of the molecule is Cc1cc(N)c(NC(=O)c2ccc(Cl)c(Cl)c2)cc1N1C[C@H](C)C[C@@H](C)C1. The fourth-order valence-corrected chi connectivity index (χ4v) is 4.16. The topological polar surface area (TPSA) is 58.4 Å². The van der Waals surface area contributed by atoms with Gasteiger partial charge in [-0.25, -0.2) is 0 Å². The number of hydrogen-bond donors (Lipinski definition) is 2. The van der Waals surface area contributed by atoms with Crippen LogP contribution in [0.25, 0.3) is 0 Å². The number of halogens is 2.